The third-order valence-electron chi connectivity index (χ3n) is 4.33. The summed E-state index contributed by atoms with van der Waals surface area (Å²) in [6, 6.07) is 8.89. The highest BCUT2D eigenvalue weighted by Crippen LogP contribution is 2.24. The minimum atomic E-state index is 0.688. The van der Waals surface area contributed by atoms with Crippen LogP contribution in [0.3, 0.4) is 0 Å². The molecule has 2 N–H and O–H groups in total. The molecule has 0 spiro atoms. The highest BCUT2D eigenvalue weighted by atomic mass is 15.1. The largest absolute Gasteiger partial charge is 0.330 e. The Morgan fingerprint density at radius 3 is 2.68 bits per heavy atom. The second-order valence-corrected chi connectivity index (χ2v) is 6.29. The van der Waals surface area contributed by atoms with Gasteiger partial charge in [0.1, 0.15) is 0 Å². The molecule has 1 aliphatic heterocycles. The minimum Gasteiger partial charge on any atom is -0.330 e. The summed E-state index contributed by atoms with van der Waals surface area (Å²) < 4.78 is 0. The van der Waals surface area contributed by atoms with Crippen LogP contribution in [0.25, 0.3) is 0 Å². The van der Waals surface area contributed by atoms with Gasteiger partial charge in [0, 0.05) is 6.54 Å². The number of hydrogen-bond acceptors (Lipinski definition) is 2. The molecule has 0 aromatic heterocycles. The molecule has 19 heavy (non-hydrogen) atoms. The van der Waals surface area contributed by atoms with Crippen molar-refractivity contribution in [3.63, 3.8) is 0 Å². The van der Waals surface area contributed by atoms with E-state index < -0.39 is 0 Å². The number of nitrogens with zero attached hydrogens (tertiary/aromatic N) is 1. The molecule has 0 radical (unpaired) electrons. The fraction of sp³-hybridized carbons (Fsp3) is 0.647. The first kappa shape index (κ1) is 14.5. The van der Waals surface area contributed by atoms with Crippen molar-refractivity contribution >= 4 is 0 Å². The summed E-state index contributed by atoms with van der Waals surface area (Å²) in [6.07, 6.45) is 4.00. The van der Waals surface area contributed by atoms with Crippen LogP contribution in [-0.4, -0.2) is 24.5 Å². The van der Waals surface area contributed by atoms with Crippen LogP contribution in [-0.2, 0) is 6.54 Å². The van der Waals surface area contributed by atoms with Gasteiger partial charge in [-0.25, -0.2) is 0 Å². The van der Waals surface area contributed by atoms with Crippen molar-refractivity contribution in [2.45, 2.75) is 39.7 Å². The molecule has 1 heterocycles. The molecule has 2 rings (SSSR count). The van der Waals surface area contributed by atoms with Crippen molar-refractivity contribution in [3.8, 4) is 0 Å². The van der Waals surface area contributed by atoms with E-state index in [1.807, 2.05) is 0 Å². The molecular weight excluding hydrogens is 232 g/mol. The molecule has 1 aromatic rings. The number of hydrogen-bond donors (Lipinski definition) is 1. The second kappa shape index (κ2) is 7.06. The van der Waals surface area contributed by atoms with Gasteiger partial charge in [-0.3, -0.25) is 4.90 Å². The normalized spacial score (nSPS) is 19.5. The van der Waals surface area contributed by atoms with Gasteiger partial charge >= 0.3 is 0 Å². The van der Waals surface area contributed by atoms with Crippen molar-refractivity contribution < 1.29 is 0 Å². The molecule has 0 amide bonds. The first-order valence-corrected chi connectivity index (χ1v) is 7.65. The lowest BCUT2D eigenvalue weighted by Crippen LogP contribution is -2.34. The molecule has 2 heteroatoms. The van der Waals surface area contributed by atoms with Gasteiger partial charge in [0.15, 0.2) is 0 Å². The van der Waals surface area contributed by atoms with Gasteiger partial charge in [-0.2, -0.15) is 0 Å². The Morgan fingerprint density at radius 2 is 2.05 bits per heavy atom. The van der Waals surface area contributed by atoms with Crippen molar-refractivity contribution in [2.75, 3.05) is 19.6 Å². The number of rotatable bonds is 5. The van der Waals surface area contributed by atoms with Crippen molar-refractivity contribution in [1.82, 2.24) is 4.90 Å². The lowest BCUT2D eigenvalue weighted by atomic mass is 9.88. The molecule has 0 bridgehead atoms. The van der Waals surface area contributed by atoms with Gasteiger partial charge in [-0.05, 0) is 63.2 Å². The maximum atomic E-state index is 5.72. The molecule has 0 aliphatic carbocycles. The van der Waals surface area contributed by atoms with Gasteiger partial charge in [0.05, 0.1) is 0 Å². The number of benzene rings is 1. The van der Waals surface area contributed by atoms with Crippen LogP contribution in [0.5, 0.6) is 0 Å². The van der Waals surface area contributed by atoms with E-state index in [2.05, 4.69) is 43.0 Å². The fourth-order valence-corrected chi connectivity index (χ4v) is 3.11. The summed E-state index contributed by atoms with van der Waals surface area (Å²) in [6.45, 7) is 8.89. The van der Waals surface area contributed by atoms with E-state index >= 15 is 0 Å². The third-order valence-corrected chi connectivity index (χ3v) is 4.33. The fourth-order valence-electron chi connectivity index (χ4n) is 3.11. The first-order chi connectivity index (χ1) is 9.17. The van der Waals surface area contributed by atoms with E-state index in [4.69, 9.17) is 5.73 Å². The third kappa shape index (κ3) is 4.63. The smallest absolute Gasteiger partial charge is 0.0233 e. The highest BCUT2D eigenvalue weighted by molar-refractivity contribution is 5.22. The van der Waals surface area contributed by atoms with E-state index in [0.717, 1.165) is 19.0 Å². The van der Waals surface area contributed by atoms with Crippen LogP contribution in [0, 0.1) is 18.8 Å². The Bertz CT molecular complexity index is 381. The molecule has 1 atom stereocenters. The van der Waals surface area contributed by atoms with Crippen LogP contribution in [0.2, 0.25) is 0 Å². The Morgan fingerprint density at radius 1 is 1.32 bits per heavy atom. The molecule has 1 unspecified atom stereocenters. The van der Waals surface area contributed by atoms with E-state index in [1.165, 1.54) is 43.5 Å². The molecule has 2 nitrogen and oxygen atoms in total. The highest BCUT2D eigenvalue weighted by Gasteiger charge is 2.20. The SMILES string of the molecule is Cc1cccc(CN2CCC(CC(C)CN)CC2)c1. The number of likely N-dealkylation sites (tertiary alicyclic amines) is 1. The summed E-state index contributed by atoms with van der Waals surface area (Å²) in [5, 5.41) is 0. The Labute approximate surface area is 118 Å². The zero-order valence-electron chi connectivity index (χ0n) is 12.4. The van der Waals surface area contributed by atoms with Crippen molar-refractivity contribution in [1.29, 1.82) is 0 Å². The van der Waals surface area contributed by atoms with E-state index in [0.29, 0.717) is 5.92 Å². The number of nitrogens with two attached hydrogens (primary N) is 1. The van der Waals surface area contributed by atoms with Crippen LogP contribution < -0.4 is 5.73 Å². The van der Waals surface area contributed by atoms with E-state index in [-0.39, 0.29) is 0 Å². The molecule has 1 saturated heterocycles. The molecule has 0 saturated carbocycles. The van der Waals surface area contributed by atoms with Crippen LogP contribution >= 0.6 is 0 Å². The van der Waals surface area contributed by atoms with E-state index in [1.54, 1.807) is 0 Å². The zero-order chi connectivity index (χ0) is 13.7. The summed E-state index contributed by atoms with van der Waals surface area (Å²) >= 11 is 0. The van der Waals surface area contributed by atoms with Gasteiger partial charge in [0.25, 0.3) is 0 Å². The van der Waals surface area contributed by atoms with Crippen LogP contribution in [0.15, 0.2) is 24.3 Å². The molecule has 106 valence electrons. The average Bonchev–Trinajstić information content (AvgIpc) is 2.41. The maximum Gasteiger partial charge on any atom is 0.0233 e. The number of piperidine rings is 1. The van der Waals surface area contributed by atoms with Gasteiger partial charge in [0.2, 0.25) is 0 Å². The van der Waals surface area contributed by atoms with E-state index in [9.17, 15) is 0 Å². The lowest BCUT2D eigenvalue weighted by molar-refractivity contribution is 0.163. The standard InChI is InChI=1S/C17H28N2/c1-14-4-3-5-17(10-14)13-19-8-6-16(7-9-19)11-15(2)12-18/h3-5,10,15-16H,6-9,11-13,18H2,1-2H3. The van der Waals surface area contributed by atoms with Crippen molar-refractivity contribution in [2.24, 2.45) is 17.6 Å². The summed E-state index contributed by atoms with van der Waals surface area (Å²) in [5.74, 6) is 1.58. The molecular formula is C17H28N2. The second-order valence-electron chi connectivity index (χ2n) is 6.29. The van der Waals surface area contributed by atoms with Gasteiger partial charge in [-0.15, -0.1) is 0 Å². The first-order valence-electron chi connectivity index (χ1n) is 7.65. The minimum absolute atomic E-state index is 0.688. The zero-order valence-corrected chi connectivity index (χ0v) is 12.4. The monoisotopic (exact) mass is 260 g/mol. The molecule has 1 aliphatic rings. The Kier molecular flexibility index (Phi) is 5.41. The van der Waals surface area contributed by atoms with Crippen LogP contribution in [0.4, 0.5) is 0 Å². The molecule has 1 fully saturated rings. The average molecular weight is 260 g/mol. The summed E-state index contributed by atoms with van der Waals surface area (Å²) in [4.78, 5) is 2.60. The topological polar surface area (TPSA) is 29.3 Å². The van der Waals surface area contributed by atoms with Gasteiger partial charge in [-0.1, -0.05) is 36.8 Å². The quantitative estimate of drug-likeness (QED) is 0.881. The predicted molar refractivity (Wildman–Crippen MR) is 82.0 cm³/mol. The Balaban J connectivity index is 1.77. The number of aryl methyl sites for hydroxylation is 1. The van der Waals surface area contributed by atoms with Crippen molar-refractivity contribution in [3.05, 3.63) is 35.4 Å². The maximum absolute atomic E-state index is 5.72. The van der Waals surface area contributed by atoms with Gasteiger partial charge < -0.3 is 5.73 Å². The predicted octanol–water partition coefficient (Wildman–Crippen LogP) is 3.19. The molecule has 1 aromatic carbocycles. The Hall–Kier alpha value is -0.860. The summed E-state index contributed by atoms with van der Waals surface area (Å²) in [5.41, 5.74) is 8.54. The summed E-state index contributed by atoms with van der Waals surface area (Å²) in [7, 11) is 0. The lowest BCUT2D eigenvalue weighted by Gasteiger charge is -2.33. The van der Waals surface area contributed by atoms with Crippen LogP contribution in [0.1, 0.15) is 37.3 Å².